The zero-order valence-corrected chi connectivity index (χ0v) is 17.2. The number of hydrogen-bond donors (Lipinski definition) is 2. The van der Waals surface area contributed by atoms with E-state index in [1.165, 1.54) is 16.5 Å². The van der Waals surface area contributed by atoms with Crippen molar-refractivity contribution < 1.29 is 9.53 Å². The van der Waals surface area contributed by atoms with Gasteiger partial charge in [-0.05, 0) is 48.7 Å². The topological polar surface area (TPSA) is 84.8 Å². The van der Waals surface area contributed by atoms with Gasteiger partial charge in [0.15, 0.2) is 11.6 Å². The van der Waals surface area contributed by atoms with Gasteiger partial charge in [0.2, 0.25) is 5.91 Å². The molecule has 0 aliphatic heterocycles. The second-order valence-corrected chi connectivity index (χ2v) is 7.30. The summed E-state index contributed by atoms with van der Waals surface area (Å²) in [7, 11) is 3.67. The van der Waals surface area contributed by atoms with Gasteiger partial charge in [0.25, 0.3) is 0 Å². The Morgan fingerprint density at radius 2 is 1.97 bits per heavy atom. The number of carbonyl (C=O) groups is 1. The summed E-state index contributed by atoms with van der Waals surface area (Å²) >= 11 is 0. The lowest BCUT2D eigenvalue weighted by atomic mass is 10.1. The number of benzene rings is 2. The maximum atomic E-state index is 12.3. The Labute approximate surface area is 175 Å². The van der Waals surface area contributed by atoms with Gasteiger partial charge in [-0.1, -0.05) is 18.2 Å². The van der Waals surface area contributed by atoms with E-state index in [0.717, 1.165) is 24.1 Å². The fourth-order valence-electron chi connectivity index (χ4n) is 3.62. The number of nitrogens with zero attached hydrogens (tertiary/aromatic N) is 3. The highest BCUT2D eigenvalue weighted by Crippen LogP contribution is 2.22. The lowest BCUT2D eigenvalue weighted by molar-refractivity contribution is -0.116. The van der Waals surface area contributed by atoms with E-state index in [0.29, 0.717) is 24.7 Å². The Kier molecular flexibility index (Phi) is 5.90. The number of fused-ring (bicyclic) bond motifs is 1. The number of aromatic nitrogens is 4. The van der Waals surface area contributed by atoms with Gasteiger partial charge in [-0.25, -0.2) is 4.98 Å². The van der Waals surface area contributed by atoms with Crippen LogP contribution in [0.2, 0.25) is 0 Å². The summed E-state index contributed by atoms with van der Waals surface area (Å²) in [6, 6.07) is 15.9. The summed E-state index contributed by atoms with van der Waals surface area (Å²) in [6.45, 7) is 0.389. The van der Waals surface area contributed by atoms with E-state index in [2.05, 4.69) is 56.5 Å². The van der Waals surface area contributed by atoms with Gasteiger partial charge < -0.3 is 14.6 Å². The first kappa shape index (κ1) is 19.8. The predicted octanol–water partition coefficient (Wildman–Crippen LogP) is 4.07. The van der Waals surface area contributed by atoms with Crippen LogP contribution < -0.4 is 5.32 Å². The van der Waals surface area contributed by atoms with E-state index >= 15 is 0 Å². The van der Waals surface area contributed by atoms with Crippen molar-refractivity contribution in [2.75, 3.05) is 12.4 Å². The summed E-state index contributed by atoms with van der Waals surface area (Å²) in [5, 5.41) is 11.2. The van der Waals surface area contributed by atoms with Gasteiger partial charge in [-0.3, -0.25) is 9.89 Å². The molecule has 0 atom stereocenters. The second-order valence-electron chi connectivity index (χ2n) is 7.30. The minimum atomic E-state index is 0.0169. The molecule has 0 bridgehead atoms. The van der Waals surface area contributed by atoms with Crippen LogP contribution in [0, 0.1) is 0 Å². The first-order chi connectivity index (χ1) is 14.6. The Balaban J connectivity index is 1.30. The van der Waals surface area contributed by atoms with Crippen molar-refractivity contribution in [2.45, 2.75) is 25.9 Å². The number of amides is 1. The highest BCUT2D eigenvalue weighted by molar-refractivity contribution is 5.91. The molecule has 4 rings (SSSR count). The average molecular weight is 403 g/mol. The summed E-state index contributed by atoms with van der Waals surface area (Å²) in [4.78, 5) is 16.7. The fourth-order valence-corrected chi connectivity index (χ4v) is 3.62. The molecular weight excluding hydrogens is 378 g/mol. The second kappa shape index (κ2) is 8.92. The molecule has 0 spiro atoms. The van der Waals surface area contributed by atoms with Gasteiger partial charge in [0.1, 0.15) is 6.61 Å². The molecule has 2 N–H and O–H groups in total. The van der Waals surface area contributed by atoms with Crippen LogP contribution in [-0.4, -0.2) is 32.8 Å². The molecule has 0 unspecified atom stereocenters. The molecule has 1 amide bonds. The molecule has 2 aromatic heterocycles. The number of aryl methyl sites for hydroxylation is 2. The van der Waals surface area contributed by atoms with E-state index in [9.17, 15) is 4.79 Å². The van der Waals surface area contributed by atoms with Crippen molar-refractivity contribution in [1.82, 2.24) is 19.7 Å². The standard InChI is InChI=1S/C23H25N5O2/c1-28-14-17(19-7-3-4-8-20(19)28)6-5-9-22(29)24-18-12-10-16(11-13-18)23-25-21(15-30-2)26-27-23/h3-4,7-8,10-14H,5-6,9,15H2,1-2H3,(H,24,29)(H,25,26,27). The van der Waals surface area contributed by atoms with Crippen LogP contribution in [0.15, 0.2) is 54.7 Å². The third-order valence-corrected chi connectivity index (χ3v) is 5.07. The van der Waals surface area contributed by atoms with Crippen molar-refractivity contribution in [1.29, 1.82) is 0 Å². The Morgan fingerprint density at radius 1 is 1.17 bits per heavy atom. The van der Waals surface area contributed by atoms with E-state index in [4.69, 9.17) is 4.74 Å². The van der Waals surface area contributed by atoms with Crippen molar-refractivity contribution in [3.8, 4) is 11.4 Å². The van der Waals surface area contributed by atoms with E-state index in [1.54, 1.807) is 7.11 Å². The molecule has 0 aliphatic rings. The van der Waals surface area contributed by atoms with Gasteiger partial charge in [-0.2, -0.15) is 5.10 Å². The van der Waals surface area contributed by atoms with Gasteiger partial charge >= 0.3 is 0 Å². The van der Waals surface area contributed by atoms with Crippen molar-refractivity contribution in [3.63, 3.8) is 0 Å². The zero-order valence-electron chi connectivity index (χ0n) is 17.2. The Hall–Kier alpha value is -3.45. The molecule has 0 aliphatic carbocycles. The smallest absolute Gasteiger partial charge is 0.224 e. The van der Waals surface area contributed by atoms with Crippen LogP contribution in [0.5, 0.6) is 0 Å². The van der Waals surface area contributed by atoms with Crippen molar-refractivity contribution in [3.05, 3.63) is 66.1 Å². The normalized spacial score (nSPS) is 11.1. The minimum Gasteiger partial charge on any atom is -0.377 e. The molecule has 4 aromatic rings. The monoisotopic (exact) mass is 403 g/mol. The molecule has 7 nitrogen and oxygen atoms in total. The van der Waals surface area contributed by atoms with Crippen LogP contribution in [0.25, 0.3) is 22.3 Å². The molecule has 0 saturated carbocycles. The van der Waals surface area contributed by atoms with Crippen LogP contribution in [0.4, 0.5) is 5.69 Å². The Morgan fingerprint density at radius 3 is 2.77 bits per heavy atom. The highest BCUT2D eigenvalue weighted by Gasteiger charge is 2.09. The van der Waals surface area contributed by atoms with Gasteiger partial charge in [0, 0.05) is 48.9 Å². The predicted molar refractivity (Wildman–Crippen MR) is 117 cm³/mol. The van der Waals surface area contributed by atoms with Crippen LogP contribution in [-0.2, 0) is 29.6 Å². The fraction of sp³-hybridized carbons (Fsp3) is 0.261. The first-order valence-corrected chi connectivity index (χ1v) is 9.97. The SMILES string of the molecule is COCc1nc(-c2ccc(NC(=O)CCCc3cn(C)c4ccccc34)cc2)n[nH]1. The quantitative estimate of drug-likeness (QED) is 0.464. The first-order valence-electron chi connectivity index (χ1n) is 9.97. The molecule has 2 heterocycles. The molecule has 0 radical (unpaired) electrons. The number of hydrogen-bond acceptors (Lipinski definition) is 4. The lowest BCUT2D eigenvalue weighted by Crippen LogP contribution is -2.11. The summed E-state index contributed by atoms with van der Waals surface area (Å²) in [5.41, 5.74) is 4.14. The Bertz CT molecular complexity index is 1140. The molecule has 0 saturated heterocycles. The number of methoxy groups -OCH3 is 1. The number of aromatic amines is 1. The molecule has 0 fully saturated rings. The van der Waals surface area contributed by atoms with Gasteiger partial charge in [-0.15, -0.1) is 0 Å². The van der Waals surface area contributed by atoms with Crippen LogP contribution in [0.3, 0.4) is 0 Å². The average Bonchev–Trinajstić information content (AvgIpc) is 3.34. The summed E-state index contributed by atoms with van der Waals surface area (Å²) in [6.07, 6.45) is 4.31. The van der Waals surface area contributed by atoms with Crippen molar-refractivity contribution in [2.24, 2.45) is 7.05 Å². The largest absolute Gasteiger partial charge is 0.377 e. The van der Waals surface area contributed by atoms with Crippen molar-refractivity contribution >= 4 is 22.5 Å². The number of H-pyrrole nitrogens is 1. The summed E-state index contributed by atoms with van der Waals surface area (Å²) < 4.78 is 7.18. The molecule has 154 valence electrons. The summed E-state index contributed by atoms with van der Waals surface area (Å²) in [5.74, 6) is 1.30. The molecule has 2 aromatic carbocycles. The minimum absolute atomic E-state index is 0.0169. The molecular formula is C23H25N5O2. The highest BCUT2D eigenvalue weighted by atomic mass is 16.5. The van der Waals surface area contributed by atoms with E-state index < -0.39 is 0 Å². The number of para-hydroxylation sites is 1. The van der Waals surface area contributed by atoms with Crippen LogP contribution >= 0.6 is 0 Å². The maximum absolute atomic E-state index is 12.3. The number of carbonyl (C=O) groups excluding carboxylic acids is 1. The number of ether oxygens (including phenoxy) is 1. The third kappa shape index (κ3) is 4.41. The van der Waals surface area contributed by atoms with E-state index in [-0.39, 0.29) is 5.91 Å². The van der Waals surface area contributed by atoms with Crippen LogP contribution in [0.1, 0.15) is 24.2 Å². The van der Waals surface area contributed by atoms with E-state index in [1.807, 2.05) is 30.3 Å². The molecule has 7 heteroatoms. The maximum Gasteiger partial charge on any atom is 0.224 e. The zero-order chi connectivity index (χ0) is 20.9. The number of rotatable bonds is 8. The number of nitrogens with one attached hydrogen (secondary N) is 2. The number of anilines is 1. The third-order valence-electron chi connectivity index (χ3n) is 5.07. The lowest BCUT2D eigenvalue weighted by Gasteiger charge is -2.06. The molecule has 30 heavy (non-hydrogen) atoms. The van der Waals surface area contributed by atoms with Gasteiger partial charge in [0.05, 0.1) is 0 Å².